The Morgan fingerprint density at radius 3 is 2.61 bits per heavy atom. The van der Waals surface area contributed by atoms with E-state index >= 15 is 0 Å². The van der Waals surface area contributed by atoms with Crippen molar-refractivity contribution in [3.63, 3.8) is 0 Å². The maximum Gasteiger partial charge on any atom is 0.166 e. The van der Waals surface area contributed by atoms with Gasteiger partial charge in [-0.1, -0.05) is 30.3 Å². The van der Waals surface area contributed by atoms with Crippen molar-refractivity contribution >= 4 is 0 Å². The van der Waals surface area contributed by atoms with Crippen LogP contribution in [0.1, 0.15) is 5.56 Å². The van der Waals surface area contributed by atoms with Gasteiger partial charge in [0.2, 0.25) is 0 Å². The molecule has 91 valence electrons. The molecule has 0 saturated heterocycles. The Balaban J connectivity index is 2.19. The number of ether oxygens (including phenoxy) is 1. The molecule has 0 aliphatic carbocycles. The van der Waals surface area contributed by atoms with Crippen LogP contribution in [0.25, 0.3) is 11.1 Å². The van der Waals surface area contributed by atoms with E-state index < -0.39 is 11.6 Å². The van der Waals surface area contributed by atoms with Gasteiger partial charge in [-0.3, -0.25) is 0 Å². The zero-order chi connectivity index (χ0) is 12.7. The van der Waals surface area contributed by atoms with Gasteiger partial charge in [0.15, 0.2) is 11.6 Å². The maximum absolute atomic E-state index is 13.8. The molecule has 2 aromatic carbocycles. The van der Waals surface area contributed by atoms with E-state index in [2.05, 4.69) is 6.92 Å². The van der Waals surface area contributed by atoms with Gasteiger partial charge in [0.25, 0.3) is 0 Å². The lowest BCUT2D eigenvalue weighted by atomic mass is 10.00. The van der Waals surface area contributed by atoms with Gasteiger partial charge in [-0.15, -0.1) is 0 Å². The number of halogens is 2. The Morgan fingerprint density at radius 1 is 1.06 bits per heavy atom. The molecule has 1 unspecified atom stereocenters. The van der Waals surface area contributed by atoms with Crippen LogP contribution < -0.4 is 4.74 Å². The van der Waals surface area contributed by atoms with Crippen LogP contribution in [0.3, 0.4) is 0 Å². The molecule has 0 amide bonds. The zero-order valence-electron chi connectivity index (χ0n) is 9.62. The summed E-state index contributed by atoms with van der Waals surface area (Å²) in [6.07, 6.45) is 0.526. The minimum absolute atomic E-state index is 0.169. The quantitative estimate of drug-likeness (QED) is 0.743. The number of rotatable bonds is 1. The van der Waals surface area contributed by atoms with Gasteiger partial charge in [-0.2, -0.15) is 0 Å². The standard InChI is InChI=1S/C15H11F2O/c1-9-8-10-4-2-6-12(15(10)18-9)11-5-3-7-13(16)14(11)17/h2-7,9H,1,8H2. The Bertz CT molecular complexity index is 607. The summed E-state index contributed by atoms with van der Waals surface area (Å²) in [5.41, 5.74) is 1.78. The molecular weight excluding hydrogens is 234 g/mol. The Hall–Kier alpha value is -1.90. The highest BCUT2D eigenvalue weighted by atomic mass is 19.2. The molecule has 1 atom stereocenters. The molecule has 3 heteroatoms. The Kier molecular flexibility index (Phi) is 2.54. The van der Waals surface area contributed by atoms with Gasteiger partial charge in [0.05, 0.1) is 0 Å². The van der Waals surface area contributed by atoms with E-state index in [0.29, 0.717) is 17.7 Å². The van der Waals surface area contributed by atoms with Gasteiger partial charge in [0.1, 0.15) is 11.9 Å². The van der Waals surface area contributed by atoms with Crippen molar-refractivity contribution in [2.24, 2.45) is 0 Å². The minimum atomic E-state index is -0.853. The fourth-order valence-corrected chi connectivity index (χ4v) is 2.26. The van der Waals surface area contributed by atoms with Gasteiger partial charge in [-0.05, 0) is 18.6 Å². The van der Waals surface area contributed by atoms with Crippen molar-refractivity contribution in [3.8, 4) is 16.9 Å². The molecule has 0 bridgehead atoms. The van der Waals surface area contributed by atoms with Crippen LogP contribution in [0.5, 0.6) is 5.75 Å². The largest absolute Gasteiger partial charge is 0.489 e. The predicted octanol–water partition coefficient (Wildman–Crippen LogP) is 3.77. The molecule has 0 fully saturated rings. The highest BCUT2D eigenvalue weighted by molar-refractivity contribution is 5.73. The number of hydrogen-bond acceptors (Lipinski definition) is 1. The van der Waals surface area contributed by atoms with Crippen LogP contribution in [-0.4, -0.2) is 6.10 Å². The molecule has 2 aromatic rings. The van der Waals surface area contributed by atoms with Crippen molar-refractivity contribution in [2.75, 3.05) is 0 Å². The first-order chi connectivity index (χ1) is 8.66. The molecule has 1 aliphatic heterocycles. The summed E-state index contributed by atoms with van der Waals surface area (Å²) >= 11 is 0. The first-order valence-electron chi connectivity index (χ1n) is 5.73. The molecule has 1 heterocycles. The smallest absolute Gasteiger partial charge is 0.166 e. The monoisotopic (exact) mass is 245 g/mol. The first kappa shape index (κ1) is 11.2. The highest BCUT2D eigenvalue weighted by Crippen LogP contribution is 2.39. The van der Waals surface area contributed by atoms with Crippen LogP contribution in [0, 0.1) is 18.6 Å². The van der Waals surface area contributed by atoms with Crippen LogP contribution in [0.4, 0.5) is 8.78 Å². The van der Waals surface area contributed by atoms with Crippen molar-refractivity contribution in [1.82, 2.24) is 0 Å². The third-order valence-corrected chi connectivity index (χ3v) is 3.07. The summed E-state index contributed by atoms with van der Waals surface area (Å²) in [7, 11) is 0. The lowest BCUT2D eigenvalue weighted by Gasteiger charge is -2.10. The molecule has 0 N–H and O–H groups in total. The van der Waals surface area contributed by atoms with Gasteiger partial charge in [0, 0.05) is 17.5 Å². The molecule has 0 aromatic heterocycles. The molecule has 1 nitrogen and oxygen atoms in total. The van der Waals surface area contributed by atoms with E-state index in [0.717, 1.165) is 11.6 Å². The normalized spacial score (nSPS) is 17.4. The third kappa shape index (κ3) is 1.67. The summed E-state index contributed by atoms with van der Waals surface area (Å²) in [5.74, 6) is -1.08. The summed E-state index contributed by atoms with van der Waals surface area (Å²) in [6, 6.07) is 9.61. The predicted molar refractivity (Wildman–Crippen MR) is 65.3 cm³/mol. The van der Waals surface area contributed by atoms with Gasteiger partial charge in [-0.25, -0.2) is 8.78 Å². The topological polar surface area (TPSA) is 9.23 Å². The lowest BCUT2D eigenvalue weighted by Crippen LogP contribution is -2.06. The van der Waals surface area contributed by atoms with Crippen molar-refractivity contribution in [1.29, 1.82) is 0 Å². The Labute approximate surface area is 104 Å². The number of fused-ring (bicyclic) bond motifs is 1. The second-order valence-corrected chi connectivity index (χ2v) is 4.34. The fourth-order valence-electron chi connectivity index (χ4n) is 2.26. The zero-order valence-corrected chi connectivity index (χ0v) is 9.62. The summed E-state index contributed by atoms with van der Waals surface area (Å²) in [5, 5.41) is 0. The van der Waals surface area contributed by atoms with Crippen molar-refractivity contribution in [3.05, 3.63) is 60.5 Å². The summed E-state index contributed by atoms with van der Waals surface area (Å²) in [4.78, 5) is 0. The average molecular weight is 245 g/mol. The van der Waals surface area contributed by atoms with E-state index in [9.17, 15) is 8.78 Å². The molecule has 1 aliphatic rings. The van der Waals surface area contributed by atoms with E-state index in [1.807, 2.05) is 12.1 Å². The lowest BCUT2D eigenvalue weighted by molar-refractivity contribution is 0.282. The summed E-state index contributed by atoms with van der Waals surface area (Å²) < 4.78 is 32.7. The first-order valence-corrected chi connectivity index (χ1v) is 5.73. The van der Waals surface area contributed by atoms with E-state index in [1.165, 1.54) is 6.07 Å². The molecule has 0 spiro atoms. The van der Waals surface area contributed by atoms with Gasteiger partial charge < -0.3 is 4.74 Å². The third-order valence-electron chi connectivity index (χ3n) is 3.07. The SMILES string of the molecule is [CH2]C1Cc2cccc(-c3cccc(F)c3F)c2O1. The number of para-hydroxylation sites is 1. The van der Waals surface area contributed by atoms with Crippen molar-refractivity contribution < 1.29 is 13.5 Å². The number of benzene rings is 2. The van der Waals surface area contributed by atoms with E-state index in [1.54, 1.807) is 12.1 Å². The maximum atomic E-state index is 13.8. The molecule has 1 radical (unpaired) electrons. The molecule has 0 saturated carbocycles. The molecule has 18 heavy (non-hydrogen) atoms. The van der Waals surface area contributed by atoms with E-state index in [4.69, 9.17) is 4.74 Å². The fraction of sp³-hybridized carbons (Fsp3) is 0.133. The minimum Gasteiger partial charge on any atom is -0.489 e. The molecule has 3 rings (SSSR count). The van der Waals surface area contributed by atoms with Crippen LogP contribution in [-0.2, 0) is 6.42 Å². The second-order valence-electron chi connectivity index (χ2n) is 4.34. The van der Waals surface area contributed by atoms with Crippen LogP contribution in [0.2, 0.25) is 0 Å². The summed E-state index contributed by atoms with van der Waals surface area (Å²) in [6.45, 7) is 3.84. The van der Waals surface area contributed by atoms with E-state index in [-0.39, 0.29) is 11.7 Å². The van der Waals surface area contributed by atoms with Gasteiger partial charge >= 0.3 is 0 Å². The number of hydrogen-bond donors (Lipinski definition) is 0. The average Bonchev–Trinajstić information content (AvgIpc) is 2.73. The van der Waals surface area contributed by atoms with Crippen LogP contribution in [0.15, 0.2) is 36.4 Å². The Morgan fingerprint density at radius 2 is 1.78 bits per heavy atom. The van der Waals surface area contributed by atoms with Crippen molar-refractivity contribution in [2.45, 2.75) is 12.5 Å². The highest BCUT2D eigenvalue weighted by Gasteiger charge is 2.24. The second kappa shape index (κ2) is 4.09. The molecular formula is C15H11F2O. The van der Waals surface area contributed by atoms with Crippen LogP contribution >= 0.6 is 0 Å².